The SMILES string of the molecule is COc1ccc2c(c1)/C(=C/C(=O)c1cccc(C(=O)N(C)CC(OC)OC)c1)NC(C)(C)C2. The lowest BCUT2D eigenvalue weighted by molar-refractivity contribution is -0.110. The summed E-state index contributed by atoms with van der Waals surface area (Å²) in [6.07, 6.45) is 1.91. The first kappa shape index (κ1) is 24.5. The number of likely N-dealkylation sites (N-methyl/N-ethyl adjacent to an activating group) is 1. The highest BCUT2D eigenvalue weighted by Crippen LogP contribution is 2.32. The van der Waals surface area contributed by atoms with Crippen molar-refractivity contribution in [1.29, 1.82) is 0 Å². The van der Waals surface area contributed by atoms with Gasteiger partial charge in [-0.2, -0.15) is 0 Å². The average Bonchev–Trinajstić information content (AvgIpc) is 2.81. The van der Waals surface area contributed by atoms with Crippen LogP contribution in [0, 0.1) is 0 Å². The number of carbonyl (C=O) groups excluding carboxylic acids is 2. The van der Waals surface area contributed by atoms with Crippen molar-refractivity contribution in [1.82, 2.24) is 10.2 Å². The fourth-order valence-electron chi connectivity index (χ4n) is 3.95. The number of allylic oxidation sites excluding steroid dienone is 1. The molecular formula is C26H32N2O5. The van der Waals surface area contributed by atoms with Gasteiger partial charge >= 0.3 is 0 Å². The molecule has 0 unspecified atom stereocenters. The largest absolute Gasteiger partial charge is 0.497 e. The first-order chi connectivity index (χ1) is 15.7. The quantitative estimate of drug-likeness (QED) is 0.375. The van der Waals surface area contributed by atoms with E-state index in [-0.39, 0.29) is 23.8 Å². The topological polar surface area (TPSA) is 77.1 Å². The second kappa shape index (κ2) is 10.2. The Morgan fingerprint density at radius 1 is 1.09 bits per heavy atom. The van der Waals surface area contributed by atoms with E-state index in [1.54, 1.807) is 44.5 Å². The zero-order valence-electron chi connectivity index (χ0n) is 20.1. The van der Waals surface area contributed by atoms with Crippen LogP contribution in [0.15, 0.2) is 48.5 Å². The molecule has 0 fully saturated rings. The fourth-order valence-corrected chi connectivity index (χ4v) is 3.95. The summed E-state index contributed by atoms with van der Waals surface area (Å²) >= 11 is 0. The molecule has 1 heterocycles. The second-order valence-electron chi connectivity index (χ2n) is 8.80. The Kier molecular flexibility index (Phi) is 7.56. The molecule has 0 bridgehead atoms. The summed E-state index contributed by atoms with van der Waals surface area (Å²) < 4.78 is 15.7. The number of benzene rings is 2. The van der Waals surface area contributed by atoms with E-state index in [1.165, 1.54) is 19.1 Å². The number of ketones is 1. The number of carbonyl (C=O) groups is 2. The maximum atomic E-state index is 13.2. The third-order valence-corrected chi connectivity index (χ3v) is 5.68. The van der Waals surface area contributed by atoms with Crippen molar-refractivity contribution in [2.24, 2.45) is 0 Å². The van der Waals surface area contributed by atoms with Crippen molar-refractivity contribution in [3.8, 4) is 5.75 Å². The van der Waals surface area contributed by atoms with Crippen LogP contribution in [-0.4, -0.2) is 63.3 Å². The van der Waals surface area contributed by atoms with Crippen molar-refractivity contribution in [3.63, 3.8) is 0 Å². The number of ether oxygens (including phenoxy) is 3. The van der Waals surface area contributed by atoms with Crippen LogP contribution in [0.3, 0.4) is 0 Å². The van der Waals surface area contributed by atoms with Crippen molar-refractivity contribution in [2.45, 2.75) is 32.1 Å². The average molecular weight is 453 g/mol. The standard InChI is InChI=1S/C26H32N2O5/c1-26(2)15-19-10-11-20(31-4)13-21(19)22(27-26)14-23(29)17-8-7-9-18(12-17)25(30)28(3)16-24(32-5)33-6/h7-14,24,27H,15-16H2,1-6H3/b22-14-. The number of fused-ring (bicyclic) bond motifs is 1. The number of nitrogens with zero attached hydrogens (tertiary/aromatic N) is 1. The van der Waals surface area contributed by atoms with Crippen LogP contribution in [-0.2, 0) is 15.9 Å². The van der Waals surface area contributed by atoms with Crippen LogP contribution in [0.5, 0.6) is 5.75 Å². The summed E-state index contributed by atoms with van der Waals surface area (Å²) in [6, 6.07) is 12.6. The molecule has 2 aromatic rings. The minimum atomic E-state index is -0.522. The number of methoxy groups -OCH3 is 3. The number of hydrogen-bond acceptors (Lipinski definition) is 6. The molecule has 7 nitrogen and oxygen atoms in total. The van der Waals surface area contributed by atoms with Crippen molar-refractivity contribution in [2.75, 3.05) is 34.9 Å². The lowest BCUT2D eigenvalue weighted by atomic mass is 9.85. The zero-order valence-corrected chi connectivity index (χ0v) is 20.1. The van der Waals surface area contributed by atoms with Gasteiger partial charge in [-0.25, -0.2) is 0 Å². The first-order valence-corrected chi connectivity index (χ1v) is 10.8. The fraction of sp³-hybridized carbons (Fsp3) is 0.385. The summed E-state index contributed by atoms with van der Waals surface area (Å²) in [5.41, 5.74) is 3.49. The third kappa shape index (κ3) is 5.80. The summed E-state index contributed by atoms with van der Waals surface area (Å²) in [5, 5.41) is 3.47. The molecule has 0 spiro atoms. The molecule has 1 aliphatic rings. The Balaban J connectivity index is 1.88. The Morgan fingerprint density at radius 2 is 1.79 bits per heavy atom. The van der Waals surface area contributed by atoms with Gasteiger partial charge in [-0.3, -0.25) is 9.59 Å². The van der Waals surface area contributed by atoms with Crippen LogP contribution in [0.1, 0.15) is 45.7 Å². The van der Waals surface area contributed by atoms with Crippen LogP contribution < -0.4 is 10.1 Å². The molecular weight excluding hydrogens is 420 g/mol. The number of amides is 1. The third-order valence-electron chi connectivity index (χ3n) is 5.68. The lowest BCUT2D eigenvalue weighted by Crippen LogP contribution is -2.43. The van der Waals surface area contributed by atoms with Gasteiger partial charge in [0.1, 0.15) is 5.75 Å². The van der Waals surface area contributed by atoms with Crippen LogP contribution in [0.4, 0.5) is 0 Å². The van der Waals surface area contributed by atoms with E-state index in [9.17, 15) is 9.59 Å². The molecule has 0 aromatic heterocycles. The maximum absolute atomic E-state index is 13.2. The second-order valence-corrected chi connectivity index (χ2v) is 8.80. The van der Waals surface area contributed by atoms with Crippen molar-refractivity contribution in [3.05, 3.63) is 70.8 Å². The van der Waals surface area contributed by atoms with Gasteiger partial charge in [0.15, 0.2) is 12.1 Å². The van der Waals surface area contributed by atoms with Gasteiger partial charge in [0.05, 0.1) is 13.7 Å². The van der Waals surface area contributed by atoms with E-state index in [0.717, 1.165) is 29.0 Å². The Bertz CT molecular complexity index is 1060. The van der Waals surface area contributed by atoms with Gasteiger partial charge in [0.25, 0.3) is 5.91 Å². The van der Waals surface area contributed by atoms with Gasteiger partial charge in [0, 0.05) is 55.3 Å². The van der Waals surface area contributed by atoms with E-state index in [2.05, 4.69) is 19.2 Å². The summed E-state index contributed by atoms with van der Waals surface area (Å²) in [5.74, 6) is 0.325. The van der Waals surface area contributed by atoms with E-state index in [1.807, 2.05) is 18.2 Å². The van der Waals surface area contributed by atoms with E-state index in [0.29, 0.717) is 11.1 Å². The lowest BCUT2D eigenvalue weighted by Gasteiger charge is -2.35. The first-order valence-electron chi connectivity index (χ1n) is 10.8. The number of rotatable bonds is 8. The number of hydrogen-bond donors (Lipinski definition) is 1. The minimum absolute atomic E-state index is 0.187. The van der Waals surface area contributed by atoms with Crippen molar-refractivity contribution >= 4 is 17.4 Å². The van der Waals surface area contributed by atoms with Gasteiger partial charge in [-0.05, 0) is 50.1 Å². The molecule has 0 saturated carbocycles. The predicted molar refractivity (Wildman–Crippen MR) is 127 cm³/mol. The summed E-state index contributed by atoms with van der Waals surface area (Å²) in [6.45, 7) is 4.47. The molecule has 7 heteroatoms. The molecule has 176 valence electrons. The smallest absolute Gasteiger partial charge is 0.253 e. The normalized spacial score (nSPS) is 15.7. The molecule has 2 aromatic carbocycles. The summed E-state index contributed by atoms with van der Waals surface area (Å²) in [7, 11) is 6.33. The van der Waals surface area contributed by atoms with Gasteiger partial charge in [0.2, 0.25) is 0 Å². The molecule has 1 aliphatic heterocycles. The van der Waals surface area contributed by atoms with Crippen LogP contribution in [0.2, 0.25) is 0 Å². The number of nitrogens with one attached hydrogen (secondary N) is 1. The highest BCUT2D eigenvalue weighted by molar-refractivity contribution is 6.10. The predicted octanol–water partition coefficient (Wildman–Crippen LogP) is 3.53. The maximum Gasteiger partial charge on any atom is 0.253 e. The van der Waals surface area contributed by atoms with Crippen LogP contribution >= 0.6 is 0 Å². The van der Waals surface area contributed by atoms with Crippen molar-refractivity contribution < 1.29 is 23.8 Å². The monoisotopic (exact) mass is 452 g/mol. The van der Waals surface area contributed by atoms with Gasteiger partial charge < -0.3 is 24.4 Å². The molecule has 0 aliphatic carbocycles. The molecule has 33 heavy (non-hydrogen) atoms. The van der Waals surface area contributed by atoms with E-state index in [4.69, 9.17) is 14.2 Å². The highest BCUT2D eigenvalue weighted by Gasteiger charge is 2.28. The molecule has 1 amide bonds. The molecule has 1 N–H and O–H groups in total. The van der Waals surface area contributed by atoms with Gasteiger partial charge in [-0.1, -0.05) is 18.2 Å². The molecule has 0 saturated heterocycles. The van der Waals surface area contributed by atoms with Crippen LogP contribution in [0.25, 0.3) is 5.70 Å². The Morgan fingerprint density at radius 3 is 2.45 bits per heavy atom. The minimum Gasteiger partial charge on any atom is -0.497 e. The van der Waals surface area contributed by atoms with E-state index >= 15 is 0 Å². The zero-order chi connectivity index (χ0) is 24.2. The summed E-state index contributed by atoms with van der Waals surface area (Å²) in [4.78, 5) is 27.6. The van der Waals surface area contributed by atoms with Gasteiger partial charge in [-0.15, -0.1) is 0 Å². The highest BCUT2D eigenvalue weighted by atomic mass is 16.7. The Hall–Kier alpha value is -3.16. The Labute approximate surface area is 195 Å². The molecule has 0 radical (unpaired) electrons. The molecule has 0 atom stereocenters. The molecule has 3 rings (SSSR count). The van der Waals surface area contributed by atoms with E-state index < -0.39 is 6.29 Å².